The second-order valence-electron chi connectivity index (χ2n) is 17.5. The lowest BCUT2D eigenvalue weighted by molar-refractivity contribution is -0.162. The number of likely N-dealkylation sites (N-methyl/N-ethyl adjacent to an activating group) is 1. The molecule has 65 heavy (non-hydrogen) atoms. The van der Waals surface area contributed by atoms with Gasteiger partial charge in [-0.1, -0.05) is 55.7 Å². The SMILES string of the molecule is COc1cc2cc(c1Cl)N(C)C(=O)CC(OC(=O)[C@H](C)N(C)C(=O)C(CSC)NC(=O)CCCCCN1C(=O)C=CC1=O)C1(C)OC1C(C)C1CC(O)(NC(=O)O1)C(C)/C=C/C=C(\C)C2. The standard InChI is InChI=1S/C46H62ClN5O12S/c1-26-14-13-15-27(2)46(60)24-34(62-44(59)49-46)28(3)41-45(5,64-41)35(23-39(56)51(7)32-21-30(20-26)22-33(61-8)40(32)47)63-43(58)29(4)50(6)42(57)31(25-65-9)48-36(53)16-11-10-12-19-52-37(54)17-18-38(52)55/h13-15,17-18,21-22,27-29,31,34-35,41,60H,10-12,16,19-20,23-25H2,1-9H3,(H,48,53)(H,49,59)/b15-13+,26-14+/t27?,28?,29-,31?,34?,35?,41?,45?,46?/m0/s1. The molecule has 4 aliphatic rings. The Labute approximate surface area is 389 Å². The van der Waals surface area contributed by atoms with Gasteiger partial charge in [-0.15, -0.1) is 0 Å². The van der Waals surface area contributed by atoms with Gasteiger partial charge in [0.1, 0.15) is 46.4 Å². The smallest absolute Gasteiger partial charge is 0.409 e. The summed E-state index contributed by atoms with van der Waals surface area (Å²) in [5, 5.41) is 17.3. The summed E-state index contributed by atoms with van der Waals surface area (Å²) in [6.45, 7) is 8.94. The van der Waals surface area contributed by atoms with Crippen LogP contribution in [0.4, 0.5) is 10.5 Å². The van der Waals surface area contributed by atoms with Crippen LogP contribution in [0.15, 0.2) is 48.1 Å². The number of allylic oxidation sites excluding steroid dienone is 3. The Morgan fingerprint density at radius 1 is 1.12 bits per heavy atom. The summed E-state index contributed by atoms with van der Waals surface area (Å²) in [6.07, 6.45) is 7.93. The number of carbonyl (C=O) groups is 7. The number of epoxide rings is 1. The number of halogens is 1. The van der Waals surface area contributed by atoms with Crippen molar-refractivity contribution in [2.75, 3.05) is 44.7 Å². The predicted octanol–water partition coefficient (Wildman–Crippen LogP) is 4.47. The number of aliphatic hydroxyl groups is 1. The zero-order valence-electron chi connectivity index (χ0n) is 38.5. The van der Waals surface area contributed by atoms with Crippen molar-refractivity contribution in [1.29, 1.82) is 0 Å². The molecule has 0 saturated carbocycles. The minimum atomic E-state index is -1.67. The van der Waals surface area contributed by atoms with Gasteiger partial charge in [-0.3, -0.25) is 34.2 Å². The molecule has 17 nitrogen and oxygen atoms in total. The molecule has 0 spiro atoms. The number of hydrogen-bond donors (Lipinski definition) is 3. The molecule has 2 saturated heterocycles. The number of amides is 6. The van der Waals surface area contributed by atoms with E-state index < -0.39 is 77.4 Å². The lowest BCUT2D eigenvalue weighted by Gasteiger charge is -2.41. The molecule has 5 rings (SSSR count). The topological polar surface area (TPSA) is 214 Å². The number of thioether (sulfide) groups is 1. The van der Waals surface area contributed by atoms with Crippen LogP contribution < -0.4 is 20.3 Å². The highest BCUT2D eigenvalue weighted by molar-refractivity contribution is 7.98. The minimum Gasteiger partial charge on any atom is -0.495 e. The molecule has 6 amide bonds. The highest BCUT2D eigenvalue weighted by Gasteiger charge is 2.64. The lowest BCUT2D eigenvalue weighted by Crippen LogP contribution is -2.60. The normalized spacial score (nSPS) is 29.1. The van der Waals surface area contributed by atoms with Crippen LogP contribution in [0, 0.1) is 11.8 Å². The molecule has 1 aromatic carbocycles. The molecule has 4 heterocycles. The van der Waals surface area contributed by atoms with Crippen molar-refractivity contribution in [2.45, 2.75) is 121 Å². The van der Waals surface area contributed by atoms with Crippen LogP contribution >= 0.6 is 23.4 Å². The summed E-state index contributed by atoms with van der Waals surface area (Å²) in [5.41, 5.74) is -0.851. The molecule has 3 N–H and O–H groups in total. The highest BCUT2D eigenvalue weighted by Crippen LogP contribution is 2.49. The number of esters is 1. The quantitative estimate of drug-likeness (QED) is 0.102. The number of fused-ring (bicyclic) bond motifs is 5. The van der Waals surface area contributed by atoms with Crippen molar-refractivity contribution in [1.82, 2.24) is 20.4 Å². The first-order valence-corrected chi connectivity index (χ1v) is 23.6. The van der Waals surface area contributed by atoms with Gasteiger partial charge in [0, 0.05) is 63.2 Å². The zero-order valence-corrected chi connectivity index (χ0v) is 40.1. The molecule has 19 heteroatoms. The van der Waals surface area contributed by atoms with Crippen LogP contribution in [0.25, 0.3) is 0 Å². The average molecular weight is 945 g/mol. The van der Waals surface area contributed by atoms with E-state index in [1.54, 1.807) is 52.3 Å². The largest absolute Gasteiger partial charge is 0.495 e. The first kappa shape index (κ1) is 51.1. The molecular weight excluding hydrogens is 882 g/mol. The fourth-order valence-electron chi connectivity index (χ4n) is 8.34. The number of rotatable bonds is 14. The van der Waals surface area contributed by atoms with E-state index in [1.807, 2.05) is 19.1 Å². The van der Waals surface area contributed by atoms with E-state index in [2.05, 4.69) is 10.6 Å². The molecule has 0 radical (unpaired) electrons. The fraction of sp³-hybridized carbons (Fsp3) is 0.587. The minimum absolute atomic E-state index is 0.0129. The van der Waals surface area contributed by atoms with Gasteiger partial charge in [0.15, 0.2) is 0 Å². The van der Waals surface area contributed by atoms with Crippen molar-refractivity contribution in [3.8, 4) is 5.75 Å². The number of methoxy groups -OCH3 is 1. The summed E-state index contributed by atoms with van der Waals surface area (Å²) >= 11 is 8.14. The van der Waals surface area contributed by atoms with Gasteiger partial charge in [-0.05, 0) is 64.0 Å². The van der Waals surface area contributed by atoms with Crippen molar-refractivity contribution in [2.24, 2.45) is 11.8 Å². The summed E-state index contributed by atoms with van der Waals surface area (Å²) in [7, 11) is 4.46. The zero-order chi connectivity index (χ0) is 48.0. The molecule has 0 aliphatic carbocycles. The number of benzene rings is 1. The molecule has 9 atom stereocenters. The Kier molecular flexibility index (Phi) is 17.0. The van der Waals surface area contributed by atoms with Crippen LogP contribution in [0.3, 0.4) is 0 Å². The van der Waals surface area contributed by atoms with Gasteiger partial charge >= 0.3 is 12.1 Å². The van der Waals surface area contributed by atoms with Gasteiger partial charge in [0.05, 0.1) is 25.3 Å². The summed E-state index contributed by atoms with van der Waals surface area (Å²) in [4.78, 5) is 95.6. The van der Waals surface area contributed by atoms with Gasteiger partial charge in [0.25, 0.3) is 11.8 Å². The van der Waals surface area contributed by atoms with E-state index in [0.29, 0.717) is 37.1 Å². The number of ether oxygens (including phenoxy) is 4. The van der Waals surface area contributed by atoms with Crippen LogP contribution in [-0.4, -0.2) is 138 Å². The summed E-state index contributed by atoms with van der Waals surface area (Å²) in [5.74, 6) is -3.46. The molecule has 1 aromatic rings. The first-order valence-electron chi connectivity index (χ1n) is 21.8. The van der Waals surface area contributed by atoms with Gasteiger partial charge in [-0.2, -0.15) is 11.8 Å². The Morgan fingerprint density at radius 3 is 2.48 bits per heavy atom. The van der Waals surface area contributed by atoms with E-state index in [4.69, 9.17) is 30.5 Å². The van der Waals surface area contributed by atoms with E-state index in [9.17, 15) is 38.7 Å². The molecule has 0 aromatic heterocycles. The number of alkyl carbamates (subject to hydrolysis) is 1. The van der Waals surface area contributed by atoms with Crippen molar-refractivity contribution in [3.05, 3.63) is 58.7 Å². The molecular formula is C46H62ClN5O12S. The fourth-order valence-corrected chi connectivity index (χ4v) is 9.21. The number of anilines is 1. The monoisotopic (exact) mass is 943 g/mol. The first-order chi connectivity index (χ1) is 30.6. The van der Waals surface area contributed by atoms with Gasteiger partial charge in [-0.25, -0.2) is 9.59 Å². The van der Waals surface area contributed by atoms with E-state index >= 15 is 0 Å². The highest BCUT2D eigenvalue weighted by atomic mass is 35.5. The predicted molar refractivity (Wildman–Crippen MR) is 244 cm³/mol. The second-order valence-corrected chi connectivity index (χ2v) is 18.8. The maximum atomic E-state index is 14.3. The van der Waals surface area contributed by atoms with Crippen LogP contribution in [0.2, 0.25) is 5.02 Å². The average Bonchev–Trinajstić information content (AvgIpc) is 3.86. The lowest BCUT2D eigenvalue weighted by atomic mass is 9.82. The number of nitrogens with zero attached hydrogens (tertiary/aromatic N) is 3. The molecule has 2 fully saturated rings. The number of nitrogens with one attached hydrogen (secondary N) is 2. The Balaban J connectivity index is 1.35. The summed E-state index contributed by atoms with van der Waals surface area (Å²) < 4.78 is 23.8. The van der Waals surface area contributed by atoms with Crippen molar-refractivity contribution < 1.29 is 57.6 Å². The maximum Gasteiger partial charge on any atom is 0.409 e. The van der Waals surface area contributed by atoms with Gasteiger partial charge in [0.2, 0.25) is 17.7 Å². The Morgan fingerprint density at radius 2 is 1.82 bits per heavy atom. The maximum absolute atomic E-state index is 14.3. The van der Waals surface area contributed by atoms with Crippen molar-refractivity contribution >= 4 is 70.6 Å². The van der Waals surface area contributed by atoms with Gasteiger partial charge < -0.3 is 39.2 Å². The van der Waals surface area contributed by atoms with Crippen LogP contribution in [-0.2, 0) is 49.4 Å². The number of imide groups is 1. The van der Waals surface area contributed by atoms with Crippen LogP contribution in [0.5, 0.6) is 5.75 Å². The molecule has 356 valence electrons. The van der Waals surface area contributed by atoms with E-state index in [0.717, 1.165) is 16.0 Å². The second kappa shape index (κ2) is 21.6. The Bertz CT molecular complexity index is 2100. The van der Waals surface area contributed by atoms with E-state index in [1.165, 1.54) is 54.8 Å². The molecule has 4 bridgehead atoms. The summed E-state index contributed by atoms with van der Waals surface area (Å²) in [6, 6.07) is 1.41. The third kappa shape index (κ3) is 12.1. The molecule has 4 aliphatic heterocycles. The Hall–Kier alpha value is -4.91. The number of hydrogen-bond acceptors (Lipinski definition) is 13. The number of carbonyl (C=O) groups excluding carboxylic acids is 7. The number of unbranched alkanes of at least 4 members (excludes halogenated alkanes) is 2. The third-order valence-electron chi connectivity index (χ3n) is 12.8. The van der Waals surface area contributed by atoms with Crippen molar-refractivity contribution in [3.63, 3.8) is 0 Å². The third-order valence-corrected chi connectivity index (χ3v) is 13.8. The van der Waals surface area contributed by atoms with E-state index in [-0.39, 0.29) is 54.3 Å². The van der Waals surface area contributed by atoms with Crippen LogP contribution in [0.1, 0.15) is 78.7 Å². The molecule has 8 unspecified atom stereocenters.